The number of aromatic nitrogens is 2. The average Bonchev–Trinajstić information content (AvgIpc) is 3.39. The van der Waals surface area contributed by atoms with Crippen LogP contribution in [0, 0.1) is 11.6 Å². The minimum Gasteiger partial charge on any atom is -0.494 e. The van der Waals surface area contributed by atoms with Crippen molar-refractivity contribution in [3.63, 3.8) is 0 Å². The Morgan fingerprint density at radius 2 is 1.72 bits per heavy atom. The molecule has 2 aromatic carbocycles. The molecule has 2 fully saturated rings. The van der Waals surface area contributed by atoms with Gasteiger partial charge < -0.3 is 34.8 Å². The number of nitrogens with zero attached hydrogens (tertiary/aromatic N) is 4. The van der Waals surface area contributed by atoms with E-state index < -0.39 is 23.1 Å². The molecule has 3 N–H and O–H groups in total. The van der Waals surface area contributed by atoms with Gasteiger partial charge in [0.05, 0.1) is 29.6 Å². The first-order valence-corrected chi connectivity index (χ1v) is 14.1. The predicted octanol–water partition coefficient (Wildman–Crippen LogP) is 2.68. The number of aliphatic hydroxyl groups is 1. The van der Waals surface area contributed by atoms with E-state index in [1.807, 2.05) is 0 Å². The highest BCUT2D eigenvalue weighted by molar-refractivity contribution is 6.34. The normalized spacial score (nSPS) is 16.6. The van der Waals surface area contributed by atoms with Crippen LogP contribution in [0.15, 0.2) is 36.5 Å². The minimum atomic E-state index is -1.37. The van der Waals surface area contributed by atoms with Crippen LogP contribution in [0.2, 0.25) is 5.02 Å². The van der Waals surface area contributed by atoms with E-state index in [0.29, 0.717) is 44.7 Å². The maximum atomic E-state index is 14.6. The van der Waals surface area contributed by atoms with E-state index in [1.165, 1.54) is 55.3 Å². The van der Waals surface area contributed by atoms with Gasteiger partial charge in [0.1, 0.15) is 5.60 Å². The van der Waals surface area contributed by atoms with Crippen LogP contribution in [-0.4, -0.2) is 94.2 Å². The van der Waals surface area contributed by atoms with Gasteiger partial charge in [-0.3, -0.25) is 14.4 Å². The van der Waals surface area contributed by atoms with Gasteiger partial charge in [-0.05, 0) is 56.3 Å². The lowest BCUT2D eigenvalue weighted by atomic mass is 9.90. The Morgan fingerprint density at radius 1 is 1.05 bits per heavy atom. The Kier molecular flexibility index (Phi) is 8.67. The van der Waals surface area contributed by atoms with Crippen LogP contribution >= 0.6 is 11.6 Å². The Labute approximate surface area is 251 Å². The molecular weight excluding hydrogens is 586 g/mol. The van der Waals surface area contributed by atoms with E-state index in [0.717, 1.165) is 0 Å². The van der Waals surface area contributed by atoms with Gasteiger partial charge in [0, 0.05) is 44.5 Å². The van der Waals surface area contributed by atoms with E-state index in [2.05, 4.69) is 15.6 Å². The minimum absolute atomic E-state index is 0.0662. The predicted molar refractivity (Wildman–Crippen MR) is 154 cm³/mol. The van der Waals surface area contributed by atoms with Crippen molar-refractivity contribution in [2.24, 2.45) is 7.05 Å². The summed E-state index contributed by atoms with van der Waals surface area (Å²) in [5.41, 5.74) is -0.766. The maximum Gasteiger partial charge on any atom is 0.291 e. The van der Waals surface area contributed by atoms with Gasteiger partial charge in [-0.1, -0.05) is 11.6 Å². The van der Waals surface area contributed by atoms with Crippen LogP contribution in [0.25, 0.3) is 11.3 Å². The Hall–Kier alpha value is -4.07. The third-order valence-corrected chi connectivity index (χ3v) is 8.19. The molecule has 0 bridgehead atoms. The van der Waals surface area contributed by atoms with Crippen molar-refractivity contribution in [2.45, 2.75) is 18.4 Å². The first-order valence-electron chi connectivity index (χ1n) is 13.7. The topological polar surface area (TPSA) is 129 Å². The van der Waals surface area contributed by atoms with Gasteiger partial charge in [0.2, 0.25) is 5.82 Å². The molecule has 43 heavy (non-hydrogen) atoms. The van der Waals surface area contributed by atoms with Crippen LogP contribution in [0.5, 0.6) is 5.75 Å². The largest absolute Gasteiger partial charge is 0.494 e. The lowest BCUT2D eigenvalue weighted by Gasteiger charge is -2.40. The lowest BCUT2D eigenvalue weighted by molar-refractivity contribution is -0.155. The van der Waals surface area contributed by atoms with Crippen LogP contribution in [0.4, 0.5) is 14.5 Å². The van der Waals surface area contributed by atoms with Gasteiger partial charge in [-0.15, -0.1) is 0 Å². The second kappa shape index (κ2) is 12.3. The second-order valence-corrected chi connectivity index (χ2v) is 10.9. The molecule has 2 aliphatic rings. The number of nitrogens with one attached hydrogen (secondary N) is 2. The maximum absolute atomic E-state index is 14.6. The zero-order valence-corrected chi connectivity index (χ0v) is 24.4. The smallest absolute Gasteiger partial charge is 0.291 e. The molecule has 2 saturated heterocycles. The lowest BCUT2D eigenvalue weighted by Crippen LogP contribution is -2.59. The first-order chi connectivity index (χ1) is 20.5. The highest BCUT2D eigenvalue weighted by Gasteiger charge is 2.41. The van der Waals surface area contributed by atoms with E-state index in [4.69, 9.17) is 16.3 Å². The van der Waals surface area contributed by atoms with Gasteiger partial charge in [-0.2, -0.15) is 4.39 Å². The number of amides is 3. The summed E-state index contributed by atoms with van der Waals surface area (Å²) in [5.74, 6) is -3.85. The molecule has 0 aliphatic carbocycles. The molecule has 14 heteroatoms. The van der Waals surface area contributed by atoms with Crippen molar-refractivity contribution in [1.29, 1.82) is 0 Å². The van der Waals surface area contributed by atoms with E-state index >= 15 is 0 Å². The van der Waals surface area contributed by atoms with Crippen molar-refractivity contribution in [1.82, 2.24) is 24.7 Å². The summed E-state index contributed by atoms with van der Waals surface area (Å²) in [6, 6.07) is 7.06. The molecular formula is C29H31ClF2N6O5. The number of piperazine rings is 1. The van der Waals surface area contributed by atoms with Crippen molar-refractivity contribution < 1.29 is 33.0 Å². The Bertz CT molecular complexity index is 1570. The molecule has 2 aliphatic heterocycles. The number of halogens is 3. The summed E-state index contributed by atoms with van der Waals surface area (Å²) in [4.78, 5) is 46.3. The fraction of sp³-hybridized carbons (Fsp3) is 0.379. The number of hydrogen-bond donors (Lipinski definition) is 3. The van der Waals surface area contributed by atoms with E-state index in [9.17, 15) is 28.3 Å². The van der Waals surface area contributed by atoms with Crippen LogP contribution in [0.1, 0.15) is 33.8 Å². The van der Waals surface area contributed by atoms with Gasteiger partial charge in [0.25, 0.3) is 17.7 Å². The highest BCUT2D eigenvalue weighted by atomic mass is 35.5. The number of methoxy groups -OCH3 is 1. The number of piperidine rings is 1. The highest BCUT2D eigenvalue weighted by Crippen LogP contribution is 2.30. The molecule has 1 aromatic heterocycles. The zero-order chi connectivity index (χ0) is 30.9. The molecule has 0 atom stereocenters. The summed E-state index contributed by atoms with van der Waals surface area (Å²) in [6.45, 7) is 2.31. The van der Waals surface area contributed by atoms with Crippen molar-refractivity contribution in [2.75, 3.05) is 51.7 Å². The summed E-state index contributed by atoms with van der Waals surface area (Å²) >= 11 is 6.43. The number of ether oxygens (including phenoxy) is 1. The number of imidazole rings is 1. The second-order valence-electron chi connectivity index (χ2n) is 10.5. The molecule has 3 heterocycles. The van der Waals surface area contributed by atoms with Gasteiger partial charge in [-0.25, -0.2) is 9.37 Å². The molecule has 3 amide bonds. The molecule has 11 nitrogen and oxygen atoms in total. The average molecular weight is 617 g/mol. The molecule has 5 rings (SSSR count). The third-order valence-electron chi connectivity index (χ3n) is 7.87. The van der Waals surface area contributed by atoms with E-state index in [1.54, 1.807) is 9.80 Å². The molecule has 0 spiro atoms. The molecule has 228 valence electrons. The van der Waals surface area contributed by atoms with E-state index in [-0.39, 0.29) is 58.3 Å². The van der Waals surface area contributed by atoms with Crippen molar-refractivity contribution in [3.8, 4) is 17.0 Å². The van der Waals surface area contributed by atoms with Crippen LogP contribution in [-0.2, 0) is 11.8 Å². The fourth-order valence-corrected chi connectivity index (χ4v) is 5.60. The quantitative estimate of drug-likeness (QED) is 0.388. The first kappa shape index (κ1) is 30.4. The number of rotatable bonds is 6. The van der Waals surface area contributed by atoms with Crippen LogP contribution < -0.4 is 15.4 Å². The number of benzene rings is 2. The van der Waals surface area contributed by atoms with Gasteiger partial charge in [0.15, 0.2) is 17.4 Å². The van der Waals surface area contributed by atoms with Crippen LogP contribution in [0.3, 0.4) is 0 Å². The Balaban J connectivity index is 1.22. The summed E-state index contributed by atoms with van der Waals surface area (Å²) < 4.78 is 35.0. The number of anilines is 1. The zero-order valence-electron chi connectivity index (χ0n) is 23.6. The SMILES string of the molecule is COc1ccc(-c2cnc(C(=O)Nc3ccc(C(=O)N4CCN(C(=O)C5(O)CCNCC5)CC4)c(Cl)c3)n2C)c(F)c1F. The third kappa shape index (κ3) is 5.92. The molecule has 0 unspecified atom stereocenters. The summed E-state index contributed by atoms with van der Waals surface area (Å²) in [6.07, 6.45) is 1.96. The molecule has 3 aromatic rings. The molecule has 0 saturated carbocycles. The van der Waals surface area contributed by atoms with Crippen molar-refractivity contribution >= 4 is 35.0 Å². The summed E-state index contributed by atoms with van der Waals surface area (Å²) in [7, 11) is 2.72. The Morgan fingerprint density at radius 3 is 2.37 bits per heavy atom. The number of carbonyl (C=O) groups is 3. The molecule has 0 radical (unpaired) electrons. The summed E-state index contributed by atoms with van der Waals surface area (Å²) in [5, 5.41) is 16.7. The number of hydrogen-bond acceptors (Lipinski definition) is 7. The van der Waals surface area contributed by atoms with Crippen molar-refractivity contribution in [3.05, 3.63) is 64.6 Å². The fourth-order valence-electron chi connectivity index (χ4n) is 5.34. The standard InChI is InChI=1S/C29H31ClF2N6O5/c1-36-21(19-5-6-22(43-2)24(32)23(19)31)16-34-25(36)26(39)35-17-3-4-18(20(30)15-17)27(40)37-11-13-38(14-12-37)28(41)29(42)7-9-33-10-8-29/h3-6,15-16,33,42H,7-14H2,1-2H3,(H,35,39). The number of carbonyl (C=O) groups excluding carboxylic acids is 3. The monoisotopic (exact) mass is 616 g/mol. The van der Waals surface area contributed by atoms with Gasteiger partial charge >= 0.3 is 0 Å².